The number of hydrogen-bond donors (Lipinski definition) is 10. The fraction of sp³-hybridized carbons (Fsp3) is 0.684. The van der Waals surface area contributed by atoms with Crippen LogP contribution in [-0.2, 0) is 71.7 Å². The van der Waals surface area contributed by atoms with Gasteiger partial charge in [-0.3, -0.25) is 57.5 Å². The predicted molar refractivity (Wildman–Crippen MR) is 223 cm³/mol. The molecule has 0 rings (SSSR count). The van der Waals surface area contributed by atoms with Crippen LogP contribution in [0.25, 0.3) is 0 Å². The minimum atomic E-state index is -0.833. The Hall–Kier alpha value is -6.40. The third-order valence-corrected chi connectivity index (χ3v) is 3.98. The molecule has 2 atom stereocenters. The van der Waals surface area contributed by atoms with Crippen LogP contribution in [0.2, 0.25) is 0 Å². The van der Waals surface area contributed by atoms with E-state index >= 15 is 0 Å². The topological polar surface area (TPSA) is 435 Å². The molecule has 0 spiro atoms. The molecule has 0 aromatic rings. The lowest BCUT2D eigenvalue weighted by molar-refractivity contribution is -0.151. The second-order valence-electron chi connectivity index (χ2n) is 10.7. The molecule has 0 aliphatic heterocycles. The van der Waals surface area contributed by atoms with Crippen LogP contribution in [-0.4, -0.2) is 149 Å². The van der Waals surface area contributed by atoms with Gasteiger partial charge in [0, 0.05) is 82.3 Å². The second kappa shape index (κ2) is 70.2. The van der Waals surface area contributed by atoms with Gasteiger partial charge in [0.15, 0.2) is 0 Å². The Bertz CT molecular complexity index is 990. The van der Waals surface area contributed by atoms with Crippen molar-refractivity contribution in [2.75, 3.05) is 26.4 Å². The molecular weight excluding hydrogens is 856 g/mol. The molecule has 0 amide bonds. The molecule has 0 aromatic heterocycles. The number of esters is 3. The van der Waals surface area contributed by atoms with Crippen LogP contribution in [0.4, 0.5) is 0 Å². The normalized spacial score (nSPS) is 8.81. The lowest BCUT2D eigenvalue weighted by Crippen LogP contribution is -2.27. The number of ether oxygens (including phenoxy) is 3. The van der Waals surface area contributed by atoms with Gasteiger partial charge in [0.25, 0.3) is 53.7 Å². The maximum Gasteiger partial charge on any atom is 0.309 e. The lowest BCUT2D eigenvalue weighted by atomic mass is 9.83. The van der Waals surface area contributed by atoms with E-state index in [2.05, 4.69) is 4.74 Å². The van der Waals surface area contributed by atoms with Crippen LogP contribution in [0.5, 0.6) is 0 Å². The summed E-state index contributed by atoms with van der Waals surface area (Å²) in [5.74, 6) is -8.15. The van der Waals surface area contributed by atoms with Crippen LogP contribution in [0.3, 0.4) is 0 Å². The fourth-order valence-electron chi connectivity index (χ4n) is 2.74. The molecule has 0 saturated heterocycles. The van der Waals surface area contributed by atoms with Crippen molar-refractivity contribution in [3.8, 4) is 0 Å². The SMILES string of the molecule is CC(=O)O.CC(=O)O.CC(=O)O.CC(=O)O.CC(=O)O.CC(=O)O.CC(=O)O.CC(=O)O.CC(=O)O.CCOC(=O)CCCCC(CC)C(CCO)C(=O)OCC.CCOC(C)=O. The number of hydrogen-bond acceptors (Lipinski definition) is 16. The molecule has 376 valence electrons. The highest BCUT2D eigenvalue weighted by atomic mass is 16.5. The van der Waals surface area contributed by atoms with Gasteiger partial charge in [-0.1, -0.05) is 19.8 Å². The number of aliphatic hydroxyl groups excluding tert-OH is 1. The van der Waals surface area contributed by atoms with Crippen LogP contribution in [0.15, 0.2) is 0 Å². The first-order valence-electron chi connectivity index (χ1n) is 18.3. The van der Waals surface area contributed by atoms with Crippen molar-refractivity contribution >= 4 is 71.6 Å². The average molecular weight is 931 g/mol. The zero-order valence-corrected chi connectivity index (χ0v) is 38.8. The van der Waals surface area contributed by atoms with Crippen molar-refractivity contribution in [3.63, 3.8) is 0 Å². The number of carboxylic acid groups (broad SMARTS) is 9. The average Bonchev–Trinajstić information content (AvgIpc) is 3.02. The number of carbonyl (C=O) groups is 12. The van der Waals surface area contributed by atoms with Gasteiger partial charge in [-0.05, 0) is 46.0 Å². The lowest BCUT2D eigenvalue weighted by Gasteiger charge is -2.24. The van der Waals surface area contributed by atoms with Crippen molar-refractivity contribution in [1.82, 2.24) is 0 Å². The Balaban J connectivity index is -0.0000000590. The molecule has 0 bridgehead atoms. The molecule has 0 fully saturated rings. The summed E-state index contributed by atoms with van der Waals surface area (Å²) in [5.41, 5.74) is 0. The van der Waals surface area contributed by atoms with Crippen molar-refractivity contribution in [1.29, 1.82) is 0 Å². The van der Waals surface area contributed by atoms with Crippen molar-refractivity contribution in [3.05, 3.63) is 0 Å². The molecule has 63 heavy (non-hydrogen) atoms. The Morgan fingerprint density at radius 1 is 0.397 bits per heavy atom. The van der Waals surface area contributed by atoms with Crippen molar-refractivity contribution in [2.24, 2.45) is 11.8 Å². The molecule has 0 aromatic carbocycles. The van der Waals surface area contributed by atoms with E-state index in [1.54, 1.807) is 20.8 Å². The number of aliphatic carboxylic acids is 9. The van der Waals surface area contributed by atoms with Crippen LogP contribution in [0, 0.1) is 11.8 Å². The Kier molecular flexibility index (Phi) is 93.7. The molecule has 0 aliphatic rings. The van der Waals surface area contributed by atoms with E-state index in [9.17, 15) is 14.4 Å². The van der Waals surface area contributed by atoms with Gasteiger partial charge in [0.2, 0.25) is 0 Å². The van der Waals surface area contributed by atoms with Gasteiger partial charge in [0.1, 0.15) is 0 Å². The number of rotatable bonds is 13. The quantitative estimate of drug-likeness (QED) is 0.0706. The third-order valence-electron chi connectivity index (χ3n) is 3.98. The van der Waals surface area contributed by atoms with Crippen LogP contribution < -0.4 is 0 Å². The molecule has 0 aliphatic carbocycles. The standard InChI is InChI=1S/C16H30O5.C4H8O2.9C2H4O2/c1-4-13(9-7-8-10-15(18)20-5-2)14(11-12-17)16(19)21-6-3;1-3-6-4(2)5;9*1-2(3)4/h13-14,17H,4-12H2,1-3H3;3H2,1-2H3;9*1H3,(H,3,4). The third kappa shape index (κ3) is 313. The Labute approximate surface area is 368 Å². The summed E-state index contributed by atoms with van der Waals surface area (Å²) in [7, 11) is 0. The summed E-state index contributed by atoms with van der Waals surface area (Å²) in [6, 6.07) is 0. The molecule has 10 N–H and O–H groups in total. The minimum absolute atomic E-state index is 0.0111. The summed E-state index contributed by atoms with van der Waals surface area (Å²) in [6.45, 7) is 19.8. The maximum absolute atomic E-state index is 12.0. The van der Waals surface area contributed by atoms with Gasteiger partial charge in [-0.15, -0.1) is 0 Å². The molecule has 2 unspecified atom stereocenters. The van der Waals surface area contributed by atoms with Gasteiger partial charge in [-0.2, -0.15) is 0 Å². The smallest absolute Gasteiger partial charge is 0.309 e. The first-order valence-corrected chi connectivity index (χ1v) is 18.3. The van der Waals surface area contributed by atoms with Crippen molar-refractivity contribution in [2.45, 2.75) is 135 Å². The number of carbonyl (C=O) groups excluding carboxylic acids is 3. The molecule has 25 nitrogen and oxygen atoms in total. The van der Waals surface area contributed by atoms with E-state index in [-0.39, 0.29) is 36.4 Å². The number of aliphatic hydroxyl groups is 1. The summed E-state index contributed by atoms with van der Waals surface area (Å²) in [6.07, 6.45) is 4.23. The highest BCUT2D eigenvalue weighted by Crippen LogP contribution is 2.26. The first kappa shape index (κ1) is 84.1. The monoisotopic (exact) mass is 930 g/mol. The Morgan fingerprint density at radius 2 is 0.651 bits per heavy atom. The molecule has 0 radical (unpaired) electrons. The first-order chi connectivity index (χ1) is 28.5. The van der Waals surface area contributed by atoms with E-state index in [1.165, 1.54) is 6.92 Å². The van der Waals surface area contributed by atoms with E-state index in [4.69, 9.17) is 104 Å². The van der Waals surface area contributed by atoms with Gasteiger partial charge >= 0.3 is 17.9 Å². The van der Waals surface area contributed by atoms with Crippen molar-refractivity contribution < 1.29 is 123 Å². The highest BCUT2D eigenvalue weighted by molar-refractivity contribution is 5.73. The van der Waals surface area contributed by atoms with Gasteiger partial charge in [-0.25, -0.2) is 0 Å². The predicted octanol–water partition coefficient (Wildman–Crippen LogP) is 4.09. The minimum Gasteiger partial charge on any atom is -0.481 e. The molecule has 0 saturated carbocycles. The van der Waals surface area contributed by atoms with E-state index in [1.807, 2.05) is 6.92 Å². The maximum atomic E-state index is 12.0. The zero-order chi connectivity index (χ0) is 53.3. The van der Waals surface area contributed by atoms with Gasteiger partial charge in [0.05, 0.1) is 25.7 Å². The van der Waals surface area contributed by atoms with Crippen LogP contribution in [0.1, 0.15) is 135 Å². The molecule has 0 heterocycles. The highest BCUT2D eigenvalue weighted by Gasteiger charge is 2.27. The second-order valence-corrected chi connectivity index (χ2v) is 10.7. The molecule has 25 heteroatoms. The van der Waals surface area contributed by atoms with E-state index in [0.29, 0.717) is 32.7 Å². The number of carboxylic acids is 9. The fourth-order valence-corrected chi connectivity index (χ4v) is 2.74. The van der Waals surface area contributed by atoms with E-state index < -0.39 is 53.7 Å². The van der Waals surface area contributed by atoms with Crippen LogP contribution >= 0.6 is 0 Å². The zero-order valence-electron chi connectivity index (χ0n) is 38.8. The summed E-state index contributed by atoms with van der Waals surface area (Å²) < 4.78 is 14.4. The molecular formula is C38H74O25. The Morgan fingerprint density at radius 3 is 0.825 bits per heavy atom. The largest absolute Gasteiger partial charge is 0.481 e. The number of unbranched alkanes of at least 4 members (excludes halogenated alkanes) is 1. The van der Waals surface area contributed by atoms with Gasteiger partial charge < -0.3 is 65.3 Å². The summed E-state index contributed by atoms with van der Waals surface area (Å²) in [4.78, 5) is 114. The van der Waals surface area contributed by atoms with E-state index in [0.717, 1.165) is 88.0 Å². The summed E-state index contributed by atoms with van der Waals surface area (Å²) in [5, 5.41) is 75.9. The summed E-state index contributed by atoms with van der Waals surface area (Å²) >= 11 is 0.